The van der Waals surface area contributed by atoms with Crippen LogP contribution in [0.2, 0.25) is 0 Å². The van der Waals surface area contributed by atoms with E-state index in [1.54, 1.807) is 0 Å². The van der Waals surface area contributed by atoms with Crippen LogP contribution in [0.25, 0.3) is 11.0 Å². The van der Waals surface area contributed by atoms with Gasteiger partial charge in [-0.3, -0.25) is 0 Å². The van der Waals surface area contributed by atoms with E-state index in [9.17, 15) is 4.79 Å². The molecular weight excluding hydrogens is 328 g/mol. The molecule has 2 aromatic carbocycles. The third kappa shape index (κ3) is 2.11. The van der Waals surface area contributed by atoms with Gasteiger partial charge in [0.15, 0.2) is 0 Å². The summed E-state index contributed by atoms with van der Waals surface area (Å²) >= 11 is 0. The maximum absolute atomic E-state index is 12.8. The fourth-order valence-corrected chi connectivity index (χ4v) is 4.41. The highest BCUT2D eigenvalue weighted by atomic mass is 16.5. The van der Waals surface area contributed by atoms with Gasteiger partial charge in [0.1, 0.15) is 17.1 Å². The normalized spacial score (nSPS) is 20.6. The molecule has 2 aliphatic heterocycles. The van der Waals surface area contributed by atoms with E-state index < -0.39 is 0 Å². The Balaban J connectivity index is 1.73. The molecule has 0 spiro atoms. The number of ether oxygens (including phenoxy) is 2. The summed E-state index contributed by atoms with van der Waals surface area (Å²) in [6, 6.07) is 10.1. The lowest BCUT2D eigenvalue weighted by atomic mass is 9.77. The third-order valence-corrected chi connectivity index (χ3v) is 5.57. The van der Waals surface area contributed by atoms with Gasteiger partial charge in [0.25, 0.3) is 0 Å². The maximum atomic E-state index is 12.8. The van der Waals surface area contributed by atoms with E-state index in [1.165, 1.54) is 5.56 Å². The van der Waals surface area contributed by atoms with Crippen molar-refractivity contribution < 1.29 is 13.9 Å². The molecule has 0 fully saturated rings. The van der Waals surface area contributed by atoms with Gasteiger partial charge in [0.2, 0.25) is 0 Å². The number of rotatable bonds is 0. The predicted molar refractivity (Wildman–Crippen MR) is 99.6 cm³/mol. The van der Waals surface area contributed by atoms with Crippen LogP contribution in [0.3, 0.4) is 0 Å². The van der Waals surface area contributed by atoms with Crippen molar-refractivity contribution in [3.8, 4) is 11.5 Å². The van der Waals surface area contributed by atoms with E-state index in [0.717, 1.165) is 27.8 Å². The van der Waals surface area contributed by atoms with Crippen LogP contribution in [-0.2, 0) is 0 Å². The molecule has 0 bridgehead atoms. The van der Waals surface area contributed by atoms with E-state index in [2.05, 4.69) is 26.0 Å². The summed E-state index contributed by atoms with van der Waals surface area (Å²) in [4.78, 5) is 12.8. The van der Waals surface area contributed by atoms with Crippen LogP contribution in [0.4, 0.5) is 0 Å². The minimum atomic E-state index is -0.317. The highest BCUT2D eigenvalue weighted by Gasteiger charge is 2.41. The van der Waals surface area contributed by atoms with Crippen LogP contribution >= 0.6 is 0 Å². The molecule has 26 heavy (non-hydrogen) atoms. The summed E-state index contributed by atoms with van der Waals surface area (Å²) in [5.41, 5.74) is 5.43. The summed E-state index contributed by atoms with van der Waals surface area (Å²) in [5, 5.41) is 0.865. The van der Waals surface area contributed by atoms with Crippen molar-refractivity contribution in [2.45, 2.75) is 32.6 Å². The van der Waals surface area contributed by atoms with Crippen LogP contribution < -0.4 is 15.1 Å². The molecule has 132 valence electrons. The van der Waals surface area contributed by atoms with E-state index in [0.29, 0.717) is 30.1 Å². The molecule has 0 amide bonds. The van der Waals surface area contributed by atoms with Crippen molar-refractivity contribution in [1.29, 1.82) is 0 Å². The van der Waals surface area contributed by atoms with E-state index in [1.807, 2.05) is 25.1 Å². The molecule has 4 nitrogen and oxygen atoms in total. The Morgan fingerprint density at radius 3 is 2.50 bits per heavy atom. The molecule has 0 N–H and O–H groups in total. The standard InChI is InChI=1S/C22H20O4/c1-11-4-5-18-15(7-11)21-19(22(23)26-18)17-10-24-20-13(3)6-12(2)8-14(20)16(17)9-25-21/h4-8,16-17H,9-10H2,1-3H3. The Hall–Kier alpha value is -2.75. The zero-order chi connectivity index (χ0) is 18.0. The molecule has 3 aromatic rings. The number of aryl methyl sites for hydroxylation is 3. The smallest absolute Gasteiger partial charge is 0.343 e. The minimum absolute atomic E-state index is 0.0476. The van der Waals surface area contributed by atoms with E-state index in [4.69, 9.17) is 13.9 Å². The molecule has 0 saturated heterocycles. The van der Waals surface area contributed by atoms with Gasteiger partial charge in [-0.25, -0.2) is 4.79 Å². The Bertz CT molecular complexity index is 1110. The first kappa shape index (κ1) is 15.5. The summed E-state index contributed by atoms with van der Waals surface area (Å²) in [6.45, 7) is 7.19. The number of hydrogen-bond acceptors (Lipinski definition) is 4. The summed E-state index contributed by atoms with van der Waals surface area (Å²) < 4.78 is 17.9. The Kier molecular flexibility index (Phi) is 3.20. The molecule has 0 aliphatic carbocycles. The second-order valence-electron chi connectivity index (χ2n) is 7.47. The number of benzene rings is 2. The minimum Gasteiger partial charge on any atom is -0.492 e. The lowest BCUT2D eigenvalue weighted by Crippen LogP contribution is -2.35. The predicted octanol–water partition coefficient (Wildman–Crippen LogP) is 4.37. The average molecular weight is 348 g/mol. The van der Waals surface area contributed by atoms with Crippen molar-refractivity contribution in [1.82, 2.24) is 0 Å². The molecular formula is C22H20O4. The van der Waals surface area contributed by atoms with Gasteiger partial charge in [-0.1, -0.05) is 29.3 Å². The van der Waals surface area contributed by atoms with Gasteiger partial charge < -0.3 is 13.9 Å². The average Bonchev–Trinajstić information content (AvgIpc) is 2.61. The molecule has 4 heteroatoms. The Labute approximate surface area is 151 Å². The number of hydrogen-bond donors (Lipinski definition) is 0. The van der Waals surface area contributed by atoms with Crippen molar-refractivity contribution in [3.63, 3.8) is 0 Å². The van der Waals surface area contributed by atoms with Crippen molar-refractivity contribution in [2.75, 3.05) is 13.2 Å². The Morgan fingerprint density at radius 1 is 0.885 bits per heavy atom. The molecule has 3 heterocycles. The first-order valence-electron chi connectivity index (χ1n) is 8.97. The van der Waals surface area contributed by atoms with Gasteiger partial charge in [-0.05, 0) is 38.5 Å². The van der Waals surface area contributed by atoms with E-state index in [-0.39, 0.29) is 17.5 Å². The maximum Gasteiger partial charge on any atom is 0.343 e. The Morgan fingerprint density at radius 2 is 1.65 bits per heavy atom. The van der Waals surface area contributed by atoms with Crippen LogP contribution in [0.1, 0.15) is 39.7 Å². The van der Waals surface area contributed by atoms with Gasteiger partial charge in [0.05, 0.1) is 24.2 Å². The van der Waals surface area contributed by atoms with Gasteiger partial charge in [0, 0.05) is 17.4 Å². The second-order valence-corrected chi connectivity index (χ2v) is 7.47. The SMILES string of the molecule is Cc1cc(C)c2c(c1)C1COc3c(c(=O)oc4ccc(C)cc34)C1CO2. The zero-order valence-corrected chi connectivity index (χ0v) is 15.1. The molecule has 0 saturated carbocycles. The summed E-state index contributed by atoms with van der Waals surface area (Å²) in [5.74, 6) is 1.66. The van der Waals surface area contributed by atoms with E-state index >= 15 is 0 Å². The molecule has 2 aliphatic rings. The third-order valence-electron chi connectivity index (χ3n) is 5.57. The van der Waals surface area contributed by atoms with Crippen molar-refractivity contribution in [2.24, 2.45) is 0 Å². The quantitative estimate of drug-likeness (QED) is 0.566. The highest BCUT2D eigenvalue weighted by Crippen LogP contribution is 2.49. The molecule has 0 radical (unpaired) electrons. The first-order chi connectivity index (χ1) is 12.5. The van der Waals surface area contributed by atoms with Gasteiger partial charge in [-0.15, -0.1) is 0 Å². The summed E-state index contributed by atoms with van der Waals surface area (Å²) in [7, 11) is 0. The molecule has 1 aromatic heterocycles. The molecule has 2 atom stereocenters. The monoisotopic (exact) mass is 348 g/mol. The largest absolute Gasteiger partial charge is 0.492 e. The lowest BCUT2D eigenvalue weighted by Gasteiger charge is -2.38. The highest BCUT2D eigenvalue weighted by molar-refractivity contribution is 5.85. The first-order valence-corrected chi connectivity index (χ1v) is 8.97. The fourth-order valence-electron chi connectivity index (χ4n) is 4.41. The molecule has 5 rings (SSSR count). The van der Waals surface area contributed by atoms with Gasteiger partial charge in [-0.2, -0.15) is 0 Å². The fraction of sp³-hybridized carbons (Fsp3) is 0.318. The van der Waals surface area contributed by atoms with Crippen LogP contribution in [0.15, 0.2) is 39.5 Å². The van der Waals surface area contributed by atoms with Crippen molar-refractivity contribution >= 4 is 11.0 Å². The zero-order valence-electron chi connectivity index (χ0n) is 15.1. The number of fused-ring (bicyclic) bond motifs is 7. The topological polar surface area (TPSA) is 48.7 Å². The second kappa shape index (κ2) is 5.37. The van der Waals surface area contributed by atoms with Crippen LogP contribution in [-0.4, -0.2) is 13.2 Å². The summed E-state index contributed by atoms with van der Waals surface area (Å²) in [6.07, 6.45) is 0. The lowest BCUT2D eigenvalue weighted by molar-refractivity contribution is 0.165. The van der Waals surface area contributed by atoms with Crippen molar-refractivity contribution in [3.05, 3.63) is 68.6 Å². The van der Waals surface area contributed by atoms with Crippen LogP contribution in [0, 0.1) is 20.8 Å². The molecule has 2 unspecified atom stereocenters. The van der Waals surface area contributed by atoms with Crippen LogP contribution in [0.5, 0.6) is 11.5 Å². The van der Waals surface area contributed by atoms with Gasteiger partial charge >= 0.3 is 5.63 Å².